The molecule has 2 aliphatic carbocycles. The van der Waals surface area contributed by atoms with Crippen molar-refractivity contribution < 1.29 is 33.3 Å². The van der Waals surface area contributed by atoms with Crippen LogP contribution in [-0.2, 0) is 23.9 Å². The monoisotopic (exact) mass is 483 g/mol. The minimum Gasteiger partial charge on any atom is -0.497 e. The Morgan fingerprint density at radius 3 is 2.40 bits per heavy atom. The molecular weight excluding hydrogens is 450 g/mol. The van der Waals surface area contributed by atoms with Crippen molar-refractivity contribution in [3.63, 3.8) is 0 Å². The highest BCUT2D eigenvalue weighted by atomic mass is 16.5. The van der Waals surface area contributed by atoms with Crippen LogP contribution in [0, 0.1) is 11.8 Å². The van der Waals surface area contributed by atoms with Crippen LogP contribution in [0.1, 0.15) is 57.4 Å². The Kier molecular flexibility index (Phi) is 7.19. The number of Topliss-reactive ketones (excluding diaryl/α,β-unsaturated/α-hetero) is 1. The number of carbonyl (C=O) groups is 3. The third-order valence-corrected chi connectivity index (χ3v) is 7.29. The van der Waals surface area contributed by atoms with E-state index in [9.17, 15) is 14.4 Å². The number of methoxy groups -OCH3 is 3. The zero-order valence-corrected chi connectivity index (χ0v) is 20.9. The summed E-state index contributed by atoms with van der Waals surface area (Å²) in [4.78, 5) is 40.0. The van der Waals surface area contributed by atoms with Crippen molar-refractivity contribution in [1.29, 1.82) is 0 Å². The van der Waals surface area contributed by atoms with Gasteiger partial charge in [0.2, 0.25) is 0 Å². The van der Waals surface area contributed by atoms with E-state index in [4.69, 9.17) is 18.9 Å². The van der Waals surface area contributed by atoms with Crippen LogP contribution >= 0.6 is 0 Å². The number of esters is 2. The molecule has 35 heavy (non-hydrogen) atoms. The van der Waals surface area contributed by atoms with E-state index >= 15 is 0 Å². The van der Waals surface area contributed by atoms with Gasteiger partial charge in [0.05, 0.1) is 32.8 Å². The van der Waals surface area contributed by atoms with Gasteiger partial charge < -0.3 is 24.3 Å². The zero-order valence-electron chi connectivity index (χ0n) is 20.9. The first kappa shape index (κ1) is 24.8. The second-order valence-corrected chi connectivity index (χ2v) is 9.46. The number of ether oxygens (including phenoxy) is 4. The molecule has 8 nitrogen and oxygen atoms in total. The van der Waals surface area contributed by atoms with E-state index in [1.54, 1.807) is 25.3 Å². The van der Waals surface area contributed by atoms with Crippen LogP contribution < -0.4 is 14.8 Å². The summed E-state index contributed by atoms with van der Waals surface area (Å²) in [5.74, 6) is -2.28. The van der Waals surface area contributed by atoms with Gasteiger partial charge in [-0.15, -0.1) is 0 Å². The van der Waals surface area contributed by atoms with Crippen molar-refractivity contribution in [1.82, 2.24) is 5.32 Å². The van der Waals surface area contributed by atoms with Gasteiger partial charge >= 0.3 is 11.9 Å². The molecule has 8 heteroatoms. The fraction of sp³-hybridized carbons (Fsp3) is 0.519. The number of hydrogen-bond acceptors (Lipinski definition) is 8. The Morgan fingerprint density at radius 1 is 1.06 bits per heavy atom. The Hall–Kier alpha value is -3.29. The molecule has 0 radical (unpaired) electrons. The number of hydrogen-bond donors (Lipinski definition) is 1. The van der Waals surface area contributed by atoms with Crippen molar-refractivity contribution in [3.8, 4) is 11.5 Å². The minimum atomic E-state index is -0.946. The fourth-order valence-electron chi connectivity index (χ4n) is 5.54. The average molecular weight is 484 g/mol. The van der Waals surface area contributed by atoms with Crippen LogP contribution in [0.25, 0.3) is 0 Å². The van der Waals surface area contributed by atoms with Crippen molar-refractivity contribution in [2.24, 2.45) is 11.8 Å². The Morgan fingerprint density at radius 2 is 1.77 bits per heavy atom. The maximum atomic E-state index is 13.9. The largest absolute Gasteiger partial charge is 0.497 e. The second kappa shape index (κ2) is 10.1. The Balaban J connectivity index is 1.86. The summed E-state index contributed by atoms with van der Waals surface area (Å²) < 4.78 is 21.9. The van der Waals surface area contributed by atoms with Crippen molar-refractivity contribution >= 4 is 17.7 Å². The van der Waals surface area contributed by atoms with Gasteiger partial charge in [-0.1, -0.05) is 13.0 Å². The highest BCUT2D eigenvalue weighted by molar-refractivity contribution is 6.12. The first-order chi connectivity index (χ1) is 16.8. The lowest BCUT2D eigenvalue weighted by molar-refractivity contribution is -0.151. The molecule has 0 aromatic heterocycles. The van der Waals surface area contributed by atoms with Crippen molar-refractivity contribution in [2.45, 2.75) is 58.0 Å². The van der Waals surface area contributed by atoms with Gasteiger partial charge in [0, 0.05) is 28.6 Å². The molecule has 0 unspecified atom stereocenters. The van der Waals surface area contributed by atoms with Gasteiger partial charge in [-0.2, -0.15) is 0 Å². The van der Waals surface area contributed by atoms with Crippen LogP contribution in [0.4, 0.5) is 0 Å². The molecule has 0 saturated heterocycles. The van der Waals surface area contributed by atoms with Crippen LogP contribution in [0.5, 0.6) is 11.5 Å². The normalized spacial score (nSPS) is 24.6. The number of dihydropyridines is 1. The van der Waals surface area contributed by atoms with E-state index in [-0.39, 0.29) is 17.8 Å². The first-order valence-electron chi connectivity index (χ1n) is 12.1. The van der Waals surface area contributed by atoms with Crippen molar-refractivity contribution in [2.75, 3.05) is 21.3 Å². The lowest BCUT2D eigenvalue weighted by Crippen LogP contribution is -2.43. The quantitative estimate of drug-likeness (QED) is 0.482. The number of ketones is 1. The topological polar surface area (TPSA) is 100 Å². The molecule has 1 aliphatic heterocycles. The smallest absolute Gasteiger partial charge is 0.337 e. The van der Waals surface area contributed by atoms with Gasteiger partial charge in [-0.05, 0) is 51.0 Å². The standard InChI is InChI=1S/C27H33NO7/c1-14-12-19-24(25(29)21(14)26(30)34-5)23(18-11-10-17(32-3)13-20(18)33-4)22(15(2)28-19)27(31)35-16-8-6-7-9-16/h10-11,13-14,16,21,23,28H,6-9,12H2,1-5H3/t14-,21+,23-/m1/s1. The zero-order chi connectivity index (χ0) is 25.3. The molecule has 1 heterocycles. The molecule has 1 aromatic carbocycles. The van der Waals surface area contributed by atoms with Crippen LogP contribution in [0.3, 0.4) is 0 Å². The highest BCUT2D eigenvalue weighted by Crippen LogP contribution is 2.48. The van der Waals surface area contributed by atoms with Crippen molar-refractivity contribution in [3.05, 3.63) is 46.3 Å². The summed E-state index contributed by atoms with van der Waals surface area (Å²) in [7, 11) is 4.37. The van der Waals surface area contributed by atoms with E-state index in [0.717, 1.165) is 25.7 Å². The van der Waals surface area contributed by atoms with Crippen LogP contribution in [0.15, 0.2) is 40.7 Å². The predicted molar refractivity (Wildman–Crippen MR) is 128 cm³/mol. The molecule has 3 atom stereocenters. The number of allylic oxidation sites excluding steroid dienone is 3. The molecule has 3 aliphatic rings. The summed E-state index contributed by atoms with van der Waals surface area (Å²) in [5.41, 5.74) is 2.70. The molecule has 188 valence electrons. The first-order valence-corrected chi connectivity index (χ1v) is 12.1. The van der Waals surface area contributed by atoms with Gasteiger partial charge in [-0.25, -0.2) is 4.79 Å². The van der Waals surface area contributed by atoms with E-state index in [0.29, 0.717) is 46.0 Å². The minimum absolute atomic E-state index is 0.138. The summed E-state index contributed by atoms with van der Waals surface area (Å²) >= 11 is 0. The molecule has 0 amide bonds. The van der Waals surface area contributed by atoms with E-state index in [2.05, 4.69) is 5.32 Å². The second-order valence-electron chi connectivity index (χ2n) is 9.46. The summed E-state index contributed by atoms with van der Waals surface area (Å²) in [6.07, 6.45) is 4.04. The summed E-state index contributed by atoms with van der Waals surface area (Å²) in [6, 6.07) is 5.29. The van der Waals surface area contributed by atoms with Gasteiger partial charge in [0.15, 0.2) is 5.78 Å². The molecule has 1 aromatic rings. The highest BCUT2D eigenvalue weighted by Gasteiger charge is 2.48. The van der Waals surface area contributed by atoms with E-state index in [1.807, 2.05) is 13.8 Å². The van der Waals surface area contributed by atoms with Gasteiger partial charge in [-0.3, -0.25) is 9.59 Å². The maximum Gasteiger partial charge on any atom is 0.337 e. The number of benzene rings is 1. The number of nitrogens with one attached hydrogen (secondary N) is 1. The SMILES string of the molecule is COC(=O)[C@@H]1C(=O)C2=C(C[C@H]1C)NC(C)=C(C(=O)OC1CCCC1)[C@H]2c1ccc(OC)cc1OC. The van der Waals surface area contributed by atoms with Crippen LogP contribution in [0.2, 0.25) is 0 Å². The lowest BCUT2D eigenvalue weighted by atomic mass is 9.69. The Labute approximate surface area is 205 Å². The fourth-order valence-corrected chi connectivity index (χ4v) is 5.54. The number of rotatable bonds is 6. The molecule has 4 rings (SSSR count). The van der Waals surface area contributed by atoms with Gasteiger partial charge in [0.25, 0.3) is 0 Å². The lowest BCUT2D eigenvalue weighted by Gasteiger charge is -2.38. The third kappa shape index (κ3) is 4.54. The summed E-state index contributed by atoms with van der Waals surface area (Å²) in [5, 5.41) is 3.29. The summed E-state index contributed by atoms with van der Waals surface area (Å²) in [6.45, 7) is 3.68. The van der Waals surface area contributed by atoms with E-state index < -0.39 is 23.8 Å². The average Bonchev–Trinajstić information content (AvgIpc) is 3.35. The van der Waals surface area contributed by atoms with Crippen LogP contribution in [-0.4, -0.2) is 45.2 Å². The van der Waals surface area contributed by atoms with E-state index in [1.165, 1.54) is 14.2 Å². The number of carbonyl (C=O) groups excluding carboxylic acids is 3. The molecule has 1 fully saturated rings. The van der Waals surface area contributed by atoms with Gasteiger partial charge in [0.1, 0.15) is 23.5 Å². The Bertz CT molecular complexity index is 1100. The third-order valence-electron chi connectivity index (χ3n) is 7.29. The molecule has 1 N–H and O–H groups in total. The predicted octanol–water partition coefficient (Wildman–Crippen LogP) is 3.80. The molecule has 0 spiro atoms. The molecular formula is C27H33NO7. The maximum absolute atomic E-state index is 13.9. The molecule has 0 bridgehead atoms. The molecule has 1 saturated carbocycles.